The van der Waals surface area contributed by atoms with Crippen LogP contribution in [-0.2, 0) is 11.2 Å². The molecular weight excluding hydrogens is 326 g/mol. The number of rotatable bonds is 6. The van der Waals surface area contributed by atoms with Gasteiger partial charge < -0.3 is 15.2 Å². The Labute approximate surface area is 157 Å². The van der Waals surface area contributed by atoms with Crippen LogP contribution in [0.3, 0.4) is 0 Å². The van der Waals surface area contributed by atoms with Crippen molar-refractivity contribution in [3.63, 3.8) is 0 Å². The van der Waals surface area contributed by atoms with E-state index in [2.05, 4.69) is 17.4 Å². The Kier molecular flexibility index (Phi) is 6.95. The number of ether oxygens (including phenoxy) is 1. The molecule has 1 aromatic rings. The minimum Gasteiger partial charge on any atom is -0.494 e. The molecule has 2 N–H and O–H groups in total. The van der Waals surface area contributed by atoms with Crippen molar-refractivity contribution in [2.24, 2.45) is 11.8 Å². The standard InChI is InChI=1S/C22H33NO3/c1-2-26-21-12-6-16(7-13-21)14-17-4-3-5-18(15-17)22(25)23-19-8-10-20(24)11-9-19/h6-7,12-13,17-20,24H,2-5,8-11,14-15H2,1H3,(H,23,25)/t17?,18?,19-,20-. The summed E-state index contributed by atoms with van der Waals surface area (Å²) in [6.07, 6.45) is 8.70. The maximum atomic E-state index is 12.7. The van der Waals surface area contributed by atoms with Crippen LogP contribution in [0, 0.1) is 11.8 Å². The van der Waals surface area contributed by atoms with Crippen molar-refractivity contribution in [2.45, 2.75) is 76.9 Å². The molecule has 4 heteroatoms. The topological polar surface area (TPSA) is 58.6 Å². The normalized spacial score (nSPS) is 29.2. The predicted octanol–water partition coefficient (Wildman–Crippen LogP) is 3.85. The molecule has 4 nitrogen and oxygen atoms in total. The van der Waals surface area contributed by atoms with Crippen LogP contribution in [0.2, 0.25) is 0 Å². The van der Waals surface area contributed by atoms with Crippen molar-refractivity contribution >= 4 is 5.91 Å². The number of aliphatic hydroxyl groups excluding tert-OH is 1. The van der Waals surface area contributed by atoms with Crippen LogP contribution in [0.15, 0.2) is 24.3 Å². The van der Waals surface area contributed by atoms with Crippen molar-refractivity contribution in [1.29, 1.82) is 0 Å². The van der Waals surface area contributed by atoms with Gasteiger partial charge in [0.25, 0.3) is 0 Å². The monoisotopic (exact) mass is 359 g/mol. The van der Waals surface area contributed by atoms with Crippen molar-refractivity contribution < 1.29 is 14.6 Å². The highest BCUT2D eigenvalue weighted by Gasteiger charge is 2.29. The number of carbonyl (C=O) groups excluding carboxylic acids is 1. The molecule has 0 bridgehead atoms. The molecule has 26 heavy (non-hydrogen) atoms. The number of carbonyl (C=O) groups is 1. The molecule has 0 heterocycles. The summed E-state index contributed by atoms with van der Waals surface area (Å²) >= 11 is 0. The first-order chi connectivity index (χ1) is 12.6. The van der Waals surface area contributed by atoms with Gasteiger partial charge in [0.05, 0.1) is 12.7 Å². The molecule has 2 aliphatic rings. The molecule has 2 saturated carbocycles. The molecule has 2 atom stereocenters. The van der Waals surface area contributed by atoms with E-state index in [1.165, 1.54) is 12.0 Å². The number of hydrogen-bond acceptors (Lipinski definition) is 3. The van der Waals surface area contributed by atoms with Gasteiger partial charge in [-0.3, -0.25) is 4.79 Å². The lowest BCUT2D eigenvalue weighted by atomic mass is 9.78. The maximum absolute atomic E-state index is 12.7. The highest BCUT2D eigenvalue weighted by Crippen LogP contribution is 2.32. The lowest BCUT2D eigenvalue weighted by Gasteiger charge is -2.31. The Morgan fingerprint density at radius 1 is 1.12 bits per heavy atom. The molecule has 0 spiro atoms. The van der Waals surface area contributed by atoms with Crippen LogP contribution in [0.25, 0.3) is 0 Å². The van der Waals surface area contributed by atoms with Gasteiger partial charge in [0.2, 0.25) is 5.91 Å². The number of amides is 1. The number of benzene rings is 1. The number of nitrogens with one attached hydrogen (secondary N) is 1. The minimum absolute atomic E-state index is 0.156. The summed E-state index contributed by atoms with van der Waals surface area (Å²) in [5.74, 6) is 1.91. The van der Waals surface area contributed by atoms with Crippen LogP contribution < -0.4 is 10.1 Å². The lowest BCUT2D eigenvalue weighted by molar-refractivity contribution is -0.127. The fourth-order valence-corrected chi connectivity index (χ4v) is 4.48. The highest BCUT2D eigenvalue weighted by atomic mass is 16.5. The van der Waals surface area contributed by atoms with Crippen LogP contribution in [0.5, 0.6) is 5.75 Å². The highest BCUT2D eigenvalue weighted by molar-refractivity contribution is 5.79. The first-order valence-electron chi connectivity index (χ1n) is 10.3. The van der Waals surface area contributed by atoms with E-state index in [1.54, 1.807) is 0 Å². The van der Waals surface area contributed by atoms with Crippen molar-refractivity contribution in [3.05, 3.63) is 29.8 Å². The quantitative estimate of drug-likeness (QED) is 0.811. The summed E-state index contributed by atoms with van der Waals surface area (Å²) < 4.78 is 5.51. The fourth-order valence-electron chi connectivity index (χ4n) is 4.48. The molecule has 0 aromatic heterocycles. The van der Waals surface area contributed by atoms with E-state index < -0.39 is 0 Å². The summed E-state index contributed by atoms with van der Waals surface area (Å²) in [6, 6.07) is 8.66. The van der Waals surface area contributed by atoms with Gasteiger partial charge in [0.15, 0.2) is 0 Å². The van der Waals surface area contributed by atoms with E-state index in [-0.39, 0.29) is 24.0 Å². The Bertz CT molecular complexity index is 563. The van der Waals surface area contributed by atoms with Crippen molar-refractivity contribution in [1.82, 2.24) is 5.32 Å². The molecule has 1 aromatic carbocycles. The third-order valence-electron chi connectivity index (χ3n) is 5.96. The zero-order valence-electron chi connectivity index (χ0n) is 16.0. The average Bonchev–Trinajstić information content (AvgIpc) is 2.66. The van der Waals surface area contributed by atoms with Gasteiger partial charge in [-0.05, 0) is 75.5 Å². The molecule has 0 saturated heterocycles. The second-order valence-electron chi connectivity index (χ2n) is 8.02. The van der Waals surface area contributed by atoms with E-state index in [9.17, 15) is 9.90 Å². The summed E-state index contributed by atoms with van der Waals surface area (Å²) in [4.78, 5) is 12.7. The van der Waals surface area contributed by atoms with Crippen molar-refractivity contribution in [2.75, 3.05) is 6.61 Å². The summed E-state index contributed by atoms with van der Waals surface area (Å²) in [5, 5.41) is 12.9. The first-order valence-corrected chi connectivity index (χ1v) is 10.3. The Balaban J connectivity index is 1.48. The van der Waals surface area contributed by atoms with Crippen LogP contribution in [0.1, 0.15) is 63.9 Å². The van der Waals surface area contributed by atoms with Gasteiger partial charge in [-0.2, -0.15) is 0 Å². The third kappa shape index (κ3) is 5.47. The van der Waals surface area contributed by atoms with E-state index in [0.29, 0.717) is 12.5 Å². The minimum atomic E-state index is -0.170. The zero-order valence-corrected chi connectivity index (χ0v) is 16.0. The van der Waals surface area contributed by atoms with E-state index in [0.717, 1.165) is 57.1 Å². The van der Waals surface area contributed by atoms with Gasteiger partial charge in [-0.25, -0.2) is 0 Å². The molecule has 2 unspecified atom stereocenters. The molecule has 0 radical (unpaired) electrons. The van der Waals surface area contributed by atoms with E-state index in [4.69, 9.17) is 4.74 Å². The number of aliphatic hydroxyl groups is 1. The Morgan fingerprint density at radius 3 is 2.54 bits per heavy atom. The molecule has 1 amide bonds. The van der Waals surface area contributed by atoms with Gasteiger partial charge >= 0.3 is 0 Å². The predicted molar refractivity (Wildman–Crippen MR) is 103 cm³/mol. The largest absolute Gasteiger partial charge is 0.494 e. The van der Waals surface area contributed by atoms with Gasteiger partial charge in [0.1, 0.15) is 5.75 Å². The fraction of sp³-hybridized carbons (Fsp3) is 0.682. The zero-order chi connectivity index (χ0) is 18.4. The van der Waals surface area contributed by atoms with Gasteiger partial charge in [0, 0.05) is 12.0 Å². The van der Waals surface area contributed by atoms with Crippen LogP contribution >= 0.6 is 0 Å². The summed E-state index contributed by atoms with van der Waals surface area (Å²) in [5.41, 5.74) is 1.33. The first kappa shape index (κ1) is 19.2. The summed E-state index contributed by atoms with van der Waals surface area (Å²) in [7, 11) is 0. The molecule has 3 rings (SSSR count). The maximum Gasteiger partial charge on any atom is 0.223 e. The Morgan fingerprint density at radius 2 is 1.85 bits per heavy atom. The second kappa shape index (κ2) is 9.40. The second-order valence-corrected chi connectivity index (χ2v) is 8.02. The van der Waals surface area contributed by atoms with Crippen LogP contribution in [0.4, 0.5) is 0 Å². The molecule has 2 fully saturated rings. The van der Waals surface area contributed by atoms with Crippen LogP contribution in [-0.4, -0.2) is 29.8 Å². The Hall–Kier alpha value is -1.55. The molecular formula is C22H33NO3. The average molecular weight is 360 g/mol. The van der Waals surface area contributed by atoms with Gasteiger partial charge in [-0.1, -0.05) is 25.0 Å². The smallest absolute Gasteiger partial charge is 0.223 e. The van der Waals surface area contributed by atoms with E-state index >= 15 is 0 Å². The third-order valence-corrected chi connectivity index (χ3v) is 5.96. The van der Waals surface area contributed by atoms with Crippen molar-refractivity contribution in [3.8, 4) is 5.75 Å². The molecule has 144 valence electrons. The van der Waals surface area contributed by atoms with E-state index in [1.807, 2.05) is 19.1 Å². The summed E-state index contributed by atoms with van der Waals surface area (Å²) in [6.45, 7) is 2.69. The SMILES string of the molecule is CCOc1ccc(CC2CCCC(C(=O)N[C@H]3CC[C@H](O)CC3)C2)cc1. The lowest BCUT2D eigenvalue weighted by Crippen LogP contribution is -2.42. The molecule has 2 aliphatic carbocycles. The molecule has 0 aliphatic heterocycles. The number of hydrogen-bond donors (Lipinski definition) is 2. The van der Waals surface area contributed by atoms with Gasteiger partial charge in [-0.15, -0.1) is 0 Å².